The number of hydrogen-bond acceptors (Lipinski definition) is 7. The van der Waals surface area contributed by atoms with E-state index >= 15 is 0 Å². The summed E-state index contributed by atoms with van der Waals surface area (Å²) in [7, 11) is 0. The van der Waals surface area contributed by atoms with E-state index < -0.39 is 5.92 Å². The molecular formula is C34H49N3O4S. The molecule has 1 amide bonds. The van der Waals surface area contributed by atoms with Crippen molar-refractivity contribution in [2.45, 2.75) is 96.9 Å². The molecule has 1 aromatic heterocycles. The third-order valence-electron chi connectivity index (χ3n) is 8.68. The second-order valence-electron chi connectivity index (χ2n) is 12.0. The van der Waals surface area contributed by atoms with Crippen molar-refractivity contribution in [1.29, 1.82) is 0 Å². The number of aromatic nitrogens is 1. The zero-order chi connectivity index (χ0) is 29.7. The largest absolute Gasteiger partial charge is 0.381 e. The van der Waals surface area contributed by atoms with Gasteiger partial charge in [-0.05, 0) is 87.7 Å². The number of likely N-dealkylation sites (tertiary alicyclic amines) is 1. The number of allylic oxidation sites excluding steroid dienone is 1. The molecule has 2 aliphatic rings. The number of nitrogens with one attached hydrogen (secondary N) is 1. The number of thiazole rings is 1. The van der Waals surface area contributed by atoms with E-state index in [9.17, 15) is 14.4 Å². The Bertz CT molecular complexity index is 1200. The summed E-state index contributed by atoms with van der Waals surface area (Å²) in [6.07, 6.45) is 13.1. The number of fused-ring (bicyclic) bond motifs is 1. The monoisotopic (exact) mass is 595 g/mol. The van der Waals surface area contributed by atoms with Crippen LogP contribution in [0, 0.1) is 11.8 Å². The van der Waals surface area contributed by atoms with Gasteiger partial charge in [-0.15, -0.1) is 11.3 Å². The topological polar surface area (TPSA) is 88.6 Å². The first-order valence-corrected chi connectivity index (χ1v) is 17.0. The minimum absolute atomic E-state index is 0.0995. The maximum Gasteiger partial charge on any atom is 0.224 e. The van der Waals surface area contributed by atoms with Crippen LogP contribution in [0.2, 0.25) is 0 Å². The van der Waals surface area contributed by atoms with Crippen LogP contribution in [0.15, 0.2) is 30.4 Å². The number of amides is 1. The van der Waals surface area contributed by atoms with Crippen LogP contribution in [0.3, 0.4) is 0 Å². The molecule has 8 heteroatoms. The van der Waals surface area contributed by atoms with Crippen LogP contribution in [0.5, 0.6) is 0 Å². The van der Waals surface area contributed by atoms with Gasteiger partial charge in [0.2, 0.25) is 5.91 Å². The van der Waals surface area contributed by atoms with E-state index in [0.717, 1.165) is 60.5 Å². The van der Waals surface area contributed by atoms with E-state index in [4.69, 9.17) is 9.72 Å². The highest BCUT2D eigenvalue weighted by atomic mass is 32.1. The standard InChI is InChI=1S/C34H49N3O4S/c1-3-9-29(39)23-27(24-33-35-31-13-11-25(4-2)22-32(31)42-33)34(40)36-30(26-15-20-41-21-16-26)14-12-28(38)10-8-19-37-17-6-5-7-18-37/h8,10-11,13,22,26-27,30H,3-7,9,12,14-21,23-24H2,1-2H3,(H,36,40)/b10-8+/t27-,30+/m0/s1. The van der Waals surface area contributed by atoms with Gasteiger partial charge in [0.1, 0.15) is 5.78 Å². The normalized spacial score (nSPS) is 18.3. The number of rotatable bonds is 16. The quantitative estimate of drug-likeness (QED) is 0.237. The van der Waals surface area contributed by atoms with Gasteiger partial charge in [0.25, 0.3) is 0 Å². The summed E-state index contributed by atoms with van der Waals surface area (Å²) in [6, 6.07) is 6.20. The number of carbonyl (C=O) groups excluding carboxylic acids is 3. The van der Waals surface area contributed by atoms with Crippen molar-refractivity contribution in [3.05, 3.63) is 40.9 Å². The summed E-state index contributed by atoms with van der Waals surface area (Å²) in [5.74, 6) is -0.0948. The van der Waals surface area contributed by atoms with Crippen LogP contribution in [0.4, 0.5) is 0 Å². The molecule has 0 bridgehead atoms. The van der Waals surface area contributed by atoms with Crippen LogP contribution >= 0.6 is 11.3 Å². The first-order chi connectivity index (χ1) is 20.4. The van der Waals surface area contributed by atoms with Gasteiger partial charge >= 0.3 is 0 Å². The summed E-state index contributed by atoms with van der Waals surface area (Å²) in [6.45, 7) is 8.51. The van der Waals surface area contributed by atoms with E-state index in [-0.39, 0.29) is 35.9 Å². The van der Waals surface area contributed by atoms with Crippen molar-refractivity contribution in [2.75, 3.05) is 32.8 Å². The Morgan fingerprint density at radius 3 is 2.64 bits per heavy atom. The van der Waals surface area contributed by atoms with Crippen molar-refractivity contribution in [2.24, 2.45) is 11.8 Å². The van der Waals surface area contributed by atoms with Gasteiger partial charge in [0.05, 0.1) is 21.1 Å². The zero-order valence-electron chi connectivity index (χ0n) is 25.6. The number of Topliss-reactive ketones (excluding diaryl/α,β-unsaturated/α-hetero) is 1. The summed E-state index contributed by atoms with van der Waals surface area (Å²) >= 11 is 1.62. The fourth-order valence-electron chi connectivity index (χ4n) is 6.15. The van der Waals surface area contributed by atoms with Gasteiger partial charge in [0, 0.05) is 51.5 Å². The van der Waals surface area contributed by atoms with Gasteiger partial charge in [-0.3, -0.25) is 19.3 Å². The van der Waals surface area contributed by atoms with Gasteiger partial charge in [-0.1, -0.05) is 32.4 Å². The lowest BCUT2D eigenvalue weighted by Gasteiger charge is -2.32. The van der Waals surface area contributed by atoms with Gasteiger partial charge in [-0.25, -0.2) is 4.98 Å². The molecule has 4 rings (SSSR count). The smallest absolute Gasteiger partial charge is 0.224 e. The Morgan fingerprint density at radius 2 is 1.90 bits per heavy atom. The lowest BCUT2D eigenvalue weighted by atomic mass is 9.87. The van der Waals surface area contributed by atoms with Crippen LogP contribution < -0.4 is 5.32 Å². The number of nitrogens with zero attached hydrogens (tertiary/aromatic N) is 2. The number of carbonyl (C=O) groups is 3. The highest BCUT2D eigenvalue weighted by Crippen LogP contribution is 2.28. The first kappa shape index (κ1) is 32.5. The minimum Gasteiger partial charge on any atom is -0.381 e. The Hall–Kier alpha value is -2.42. The Morgan fingerprint density at radius 1 is 1.12 bits per heavy atom. The van der Waals surface area contributed by atoms with E-state index in [1.54, 1.807) is 17.4 Å². The lowest BCUT2D eigenvalue weighted by Crippen LogP contribution is -2.45. The average molecular weight is 596 g/mol. The lowest BCUT2D eigenvalue weighted by molar-refractivity contribution is -0.130. The Balaban J connectivity index is 1.42. The summed E-state index contributed by atoms with van der Waals surface area (Å²) in [5.41, 5.74) is 2.21. The van der Waals surface area contributed by atoms with Crippen LogP contribution in [0.1, 0.15) is 88.6 Å². The molecule has 2 saturated heterocycles. The van der Waals surface area contributed by atoms with E-state index in [1.807, 2.05) is 19.1 Å². The van der Waals surface area contributed by atoms with Crippen molar-refractivity contribution in [3.8, 4) is 0 Å². The molecular weight excluding hydrogens is 546 g/mol. The molecule has 0 spiro atoms. The molecule has 0 saturated carbocycles. The molecule has 7 nitrogen and oxygen atoms in total. The van der Waals surface area contributed by atoms with Crippen molar-refractivity contribution < 1.29 is 19.1 Å². The molecule has 3 heterocycles. The SMILES string of the molecule is CCCC(=O)C[C@@H](Cc1nc2ccc(CC)cc2s1)C(=O)N[C@H](CCC(=O)/C=C/CN1CCCCC1)C1CCOCC1. The summed E-state index contributed by atoms with van der Waals surface area (Å²) in [4.78, 5) is 46.6. The maximum atomic E-state index is 13.8. The molecule has 2 fully saturated rings. The van der Waals surface area contributed by atoms with Crippen LogP contribution in [0.25, 0.3) is 10.2 Å². The van der Waals surface area contributed by atoms with Crippen molar-refractivity contribution in [1.82, 2.24) is 15.2 Å². The number of benzene rings is 1. The molecule has 2 aromatic rings. The molecule has 0 aliphatic carbocycles. The molecule has 42 heavy (non-hydrogen) atoms. The van der Waals surface area contributed by atoms with E-state index in [2.05, 4.69) is 29.3 Å². The molecule has 230 valence electrons. The summed E-state index contributed by atoms with van der Waals surface area (Å²) in [5, 5.41) is 4.20. The number of hydrogen-bond donors (Lipinski definition) is 1. The fraction of sp³-hybridized carbons (Fsp3) is 0.647. The molecule has 1 N–H and O–H groups in total. The number of piperidine rings is 1. The second kappa shape index (κ2) is 17.0. The Kier molecular flexibility index (Phi) is 13.2. The van der Waals surface area contributed by atoms with E-state index in [0.29, 0.717) is 38.9 Å². The van der Waals surface area contributed by atoms with Crippen LogP contribution in [-0.4, -0.2) is 66.2 Å². The molecule has 0 unspecified atom stereocenters. The second-order valence-corrected chi connectivity index (χ2v) is 13.1. The highest BCUT2D eigenvalue weighted by molar-refractivity contribution is 7.18. The third-order valence-corrected chi connectivity index (χ3v) is 9.72. The van der Waals surface area contributed by atoms with Gasteiger partial charge in [0.15, 0.2) is 5.78 Å². The first-order valence-electron chi connectivity index (χ1n) is 16.1. The number of aryl methyl sites for hydroxylation is 1. The minimum atomic E-state index is -0.474. The van der Waals surface area contributed by atoms with Gasteiger partial charge < -0.3 is 10.1 Å². The molecule has 0 radical (unpaired) electrons. The van der Waals surface area contributed by atoms with Crippen molar-refractivity contribution in [3.63, 3.8) is 0 Å². The summed E-state index contributed by atoms with van der Waals surface area (Å²) < 4.78 is 6.72. The third kappa shape index (κ3) is 10.1. The zero-order valence-corrected chi connectivity index (χ0v) is 26.4. The number of ether oxygens (including phenoxy) is 1. The molecule has 2 atom stereocenters. The predicted octanol–water partition coefficient (Wildman–Crippen LogP) is 6.08. The van der Waals surface area contributed by atoms with E-state index in [1.165, 1.54) is 24.8 Å². The molecule has 2 aliphatic heterocycles. The maximum absolute atomic E-state index is 13.8. The van der Waals surface area contributed by atoms with Crippen molar-refractivity contribution >= 4 is 39.0 Å². The van der Waals surface area contributed by atoms with Gasteiger partial charge in [-0.2, -0.15) is 0 Å². The fourth-order valence-corrected chi connectivity index (χ4v) is 7.26. The predicted molar refractivity (Wildman–Crippen MR) is 170 cm³/mol. The average Bonchev–Trinajstić information content (AvgIpc) is 3.41. The number of ketones is 2. The highest BCUT2D eigenvalue weighted by Gasteiger charge is 2.30. The molecule has 1 aromatic carbocycles. The van der Waals surface area contributed by atoms with Crippen LogP contribution in [-0.2, 0) is 32.0 Å². The Labute approximate surface area is 255 Å².